The van der Waals surface area contributed by atoms with Gasteiger partial charge in [0.25, 0.3) is 5.91 Å². The number of para-hydroxylation sites is 1. The zero-order valence-electron chi connectivity index (χ0n) is 13.7. The number of thiophene rings is 1. The molecule has 0 unspecified atom stereocenters. The molecule has 0 saturated heterocycles. The van der Waals surface area contributed by atoms with E-state index in [1.54, 1.807) is 12.1 Å². The monoisotopic (exact) mass is 355 g/mol. The van der Waals surface area contributed by atoms with Crippen molar-refractivity contribution < 1.29 is 13.9 Å². The second-order valence-electron chi connectivity index (χ2n) is 5.62. The predicted octanol–water partition coefficient (Wildman–Crippen LogP) is 4.48. The van der Waals surface area contributed by atoms with E-state index in [-0.39, 0.29) is 24.4 Å². The molecule has 1 amide bonds. The number of ether oxygens (including phenoxy) is 1. The quantitative estimate of drug-likeness (QED) is 0.708. The van der Waals surface area contributed by atoms with E-state index in [2.05, 4.69) is 5.32 Å². The van der Waals surface area contributed by atoms with Gasteiger partial charge in [-0.15, -0.1) is 11.3 Å². The van der Waals surface area contributed by atoms with Crippen molar-refractivity contribution in [2.75, 3.05) is 6.61 Å². The number of aryl methyl sites for hydroxylation is 1. The fourth-order valence-electron chi connectivity index (χ4n) is 2.49. The third-order valence-electron chi connectivity index (χ3n) is 3.79. The van der Waals surface area contributed by atoms with Gasteiger partial charge in [-0.25, -0.2) is 4.39 Å². The van der Waals surface area contributed by atoms with E-state index in [0.29, 0.717) is 5.75 Å². The Bertz CT molecular complexity index is 831. The highest BCUT2D eigenvalue weighted by Gasteiger charge is 2.18. The summed E-state index contributed by atoms with van der Waals surface area (Å²) in [5, 5.41) is 4.92. The van der Waals surface area contributed by atoms with Crippen LogP contribution in [-0.2, 0) is 4.79 Å². The summed E-state index contributed by atoms with van der Waals surface area (Å²) in [5.41, 5.74) is 1.80. The van der Waals surface area contributed by atoms with Crippen LogP contribution in [0.5, 0.6) is 5.75 Å². The molecule has 3 rings (SSSR count). The third-order valence-corrected chi connectivity index (χ3v) is 4.73. The molecule has 0 radical (unpaired) electrons. The fourth-order valence-corrected chi connectivity index (χ4v) is 3.30. The molecule has 5 heteroatoms. The molecule has 0 aliphatic carbocycles. The Balaban J connectivity index is 1.71. The molecule has 3 nitrogen and oxygen atoms in total. The van der Waals surface area contributed by atoms with E-state index in [0.717, 1.165) is 16.0 Å². The van der Waals surface area contributed by atoms with Crippen molar-refractivity contribution in [2.45, 2.75) is 13.0 Å². The van der Waals surface area contributed by atoms with E-state index < -0.39 is 0 Å². The number of amides is 1. The molecule has 3 aromatic rings. The predicted molar refractivity (Wildman–Crippen MR) is 97.4 cm³/mol. The van der Waals surface area contributed by atoms with Crippen LogP contribution in [0.25, 0.3) is 0 Å². The molecular formula is C20H18FNO2S. The summed E-state index contributed by atoms with van der Waals surface area (Å²) in [4.78, 5) is 13.4. The third kappa shape index (κ3) is 4.45. The topological polar surface area (TPSA) is 38.3 Å². The maximum absolute atomic E-state index is 13.2. The van der Waals surface area contributed by atoms with E-state index in [9.17, 15) is 9.18 Å². The maximum atomic E-state index is 13.2. The van der Waals surface area contributed by atoms with Crippen molar-refractivity contribution in [3.63, 3.8) is 0 Å². The normalized spacial score (nSPS) is 11.8. The van der Waals surface area contributed by atoms with Gasteiger partial charge in [-0.3, -0.25) is 4.79 Å². The molecule has 25 heavy (non-hydrogen) atoms. The Morgan fingerprint density at radius 3 is 2.56 bits per heavy atom. The minimum absolute atomic E-state index is 0.0755. The molecule has 1 atom stereocenters. The molecule has 0 bridgehead atoms. The second-order valence-corrected chi connectivity index (χ2v) is 6.60. The van der Waals surface area contributed by atoms with Gasteiger partial charge in [-0.2, -0.15) is 0 Å². The first-order chi connectivity index (χ1) is 12.1. The molecule has 1 N–H and O–H groups in total. The van der Waals surface area contributed by atoms with Crippen LogP contribution < -0.4 is 10.1 Å². The second kappa shape index (κ2) is 7.94. The number of rotatable bonds is 6. The Hall–Kier alpha value is -2.66. The van der Waals surface area contributed by atoms with E-state index in [4.69, 9.17) is 4.74 Å². The summed E-state index contributed by atoms with van der Waals surface area (Å²) in [6, 6.07) is 17.3. The Morgan fingerprint density at radius 1 is 1.12 bits per heavy atom. The molecule has 128 valence electrons. The molecular weight excluding hydrogens is 337 g/mol. The lowest BCUT2D eigenvalue weighted by atomic mass is 10.1. The standard InChI is InChI=1S/C20H18FNO2S/c1-14-5-2-3-6-17(14)24-13-19(23)22-20(18-7-4-12-25-18)15-8-10-16(21)11-9-15/h2-12,20H,13H2,1H3,(H,22,23)/t20-/m1/s1. The summed E-state index contributed by atoms with van der Waals surface area (Å²) < 4.78 is 18.8. The minimum atomic E-state index is -0.325. The maximum Gasteiger partial charge on any atom is 0.258 e. The van der Waals surface area contributed by atoms with Gasteiger partial charge in [0.1, 0.15) is 11.6 Å². The number of carbonyl (C=O) groups excluding carboxylic acids is 1. The molecule has 0 spiro atoms. The summed E-state index contributed by atoms with van der Waals surface area (Å²) in [6.45, 7) is 1.86. The van der Waals surface area contributed by atoms with Crippen molar-refractivity contribution in [3.8, 4) is 5.75 Å². The smallest absolute Gasteiger partial charge is 0.258 e. The molecule has 1 aromatic heterocycles. The van der Waals surface area contributed by atoms with Crippen LogP contribution in [0.4, 0.5) is 4.39 Å². The van der Waals surface area contributed by atoms with E-state index in [1.807, 2.05) is 48.7 Å². The first-order valence-corrected chi connectivity index (χ1v) is 8.78. The number of nitrogens with one attached hydrogen (secondary N) is 1. The average molecular weight is 355 g/mol. The number of benzene rings is 2. The van der Waals surface area contributed by atoms with Crippen molar-refractivity contribution in [1.82, 2.24) is 5.32 Å². The SMILES string of the molecule is Cc1ccccc1OCC(=O)N[C@H](c1ccc(F)cc1)c1cccs1. The highest BCUT2D eigenvalue weighted by molar-refractivity contribution is 7.10. The van der Waals surface area contributed by atoms with Crippen LogP contribution in [0.1, 0.15) is 22.0 Å². The first-order valence-electron chi connectivity index (χ1n) is 7.90. The number of hydrogen-bond acceptors (Lipinski definition) is 3. The Morgan fingerprint density at radius 2 is 1.88 bits per heavy atom. The van der Waals surface area contributed by atoms with Crippen LogP contribution >= 0.6 is 11.3 Å². The molecule has 2 aromatic carbocycles. The van der Waals surface area contributed by atoms with Gasteiger partial charge in [-0.05, 0) is 47.7 Å². The van der Waals surface area contributed by atoms with Gasteiger partial charge < -0.3 is 10.1 Å². The lowest BCUT2D eigenvalue weighted by molar-refractivity contribution is -0.123. The highest BCUT2D eigenvalue weighted by atomic mass is 32.1. The number of carbonyl (C=O) groups is 1. The van der Waals surface area contributed by atoms with Crippen molar-refractivity contribution in [2.24, 2.45) is 0 Å². The number of halogens is 1. The summed E-state index contributed by atoms with van der Waals surface area (Å²) >= 11 is 1.54. The molecule has 0 fully saturated rings. The molecule has 0 saturated carbocycles. The lowest BCUT2D eigenvalue weighted by Gasteiger charge is -2.18. The lowest BCUT2D eigenvalue weighted by Crippen LogP contribution is -2.33. The van der Waals surface area contributed by atoms with Crippen LogP contribution in [0.2, 0.25) is 0 Å². The molecule has 0 aliphatic heterocycles. The van der Waals surface area contributed by atoms with Crippen molar-refractivity contribution in [3.05, 3.63) is 87.9 Å². The van der Waals surface area contributed by atoms with Crippen LogP contribution in [0, 0.1) is 12.7 Å². The Kier molecular flexibility index (Phi) is 5.46. The summed E-state index contributed by atoms with van der Waals surface area (Å²) in [7, 11) is 0. The van der Waals surface area contributed by atoms with Crippen LogP contribution in [-0.4, -0.2) is 12.5 Å². The first kappa shape index (κ1) is 17.2. The zero-order valence-corrected chi connectivity index (χ0v) is 14.6. The number of hydrogen-bond donors (Lipinski definition) is 1. The van der Waals surface area contributed by atoms with Gasteiger partial charge in [0.05, 0.1) is 6.04 Å². The van der Waals surface area contributed by atoms with Gasteiger partial charge in [-0.1, -0.05) is 36.4 Å². The van der Waals surface area contributed by atoms with Crippen LogP contribution in [0.3, 0.4) is 0 Å². The molecule has 0 aliphatic rings. The molecule has 1 heterocycles. The Labute approximate surface area is 150 Å². The largest absolute Gasteiger partial charge is 0.484 e. The van der Waals surface area contributed by atoms with Crippen molar-refractivity contribution >= 4 is 17.2 Å². The zero-order chi connectivity index (χ0) is 17.6. The minimum Gasteiger partial charge on any atom is -0.484 e. The van der Waals surface area contributed by atoms with E-state index in [1.165, 1.54) is 23.5 Å². The van der Waals surface area contributed by atoms with Gasteiger partial charge in [0.2, 0.25) is 0 Å². The average Bonchev–Trinajstić information content (AvgIpc) is 3.14. The van der Waals surface area contributed by atoms with Gasteiger partial charge in [0.15, 0.2) is 6.61 Å². The van der Waals surface area contributed by atoms with Gasteiger partial charge in [0, 0.05) is 4.88 Å². The summed E-state index contributed by atoms with van der Waals surface area (Å²) in [5.74, 6) is 0.154. The highest BCUT2D eigenvalue weighted by Crippen LogP contribution is 2.26. The fraction of sp³-hybridized carbons (Fsp3) is 0.150. The summed E-state index contributed by atoms with van der Waals surface area (Å²) in [6.07, 6.45) is 0. The van der Waals surface area contributed by atoms with Crippen LogP contribution in [0.15, 0.2) is 66.0 Å². The van der Waals surface area contributed by atoms with E-state index >= 15 is 0 Å². The van der Waals surface area contributed by atoms with Gasteiger partial charge >= 0.3 is 0 Å². The van der Waals surface area contributed by atoms with Crippen molar-refractivity contribution in [1.29, 1.82) is 0 Å².